The lowest BCUT2D eigenvalue weighted by Crippen LogP contribution is -1.98. The molecule has 0 atom stereocenters. The molecule has 0 radical (unpaired) electrons. The second-order valence-corrected chi connectivity index (χ2v) is 3.70. The molecule has 2 rings (SSSR count). The summed E-state index contributed by atoms with van der Waals surface area (Å²) in [5, 5.41) is 39.6. The predicted octanol–water partition coefficient (Wildman–Crippen LogP) is 2.06. The number of hydrogen-bond acceptors (Lipinski definition) is 4. The highest BCUT2D eigenvalue weighted by Gasteiger charge is 2.09. The maximum Gasteiger partial charge on any atom is 0.216 e. The largest absolute Gasteiger partial charge is 0.618 e. The van der Waals surface area contributed by atoms with Gasteiger partial charge in [-0.15, -0.1) is 0 Å². The first-order chi connectivity index (χ1) is 8.58. The van der Waals surface area contributed by atoms with Crippen molar-refractivity contribution in [1.82, 2.24) is 0 Å². The van der Waals surface area contributed by atoms with E-state index in [9.17, 15) is 20.5 Å². The summed E-state index contributed by atoms with van der Waals surface area (Å²) < 4.78 is 0.602. The third-order valence-corrected chi connectivity index (χ3v) is 2.37. The molecule has 0 aliphatic heterocycles. The molecule has 0 heterocycles. The Balaban J connectivity index is 2.39. The highest BCUT2D eigenvalue weighted by molar-refractivity contribution is 5.79. The minimum atomic E-state index is -0.607. The van der Waals surface area contributed by atoms with Gasteiger partial charge >= 0.3 is 0 Å². The Morgan fingerprint density at radius 3 is 2.06 bits per heavy atom. The zero-order valence-corrected chi connectivity index (χ0v) is 9.32. The summed E-state index contributed by atoms with van der Waals surface area (Å²) in [6.07, 6.45) is 1.19. The van der Waals surface area contributed by atoms with Crippen molar-refractivity contribution in [3.63, 3.8) is 0 Å². The third-order valence-electron chi connectivity index (χ3n) is 2.37. The lowest BCUT2D eigenvalue weighted by molar-refractivity contribution is -0.354. The maximum absolute atomic E-state index is 11.8. The zero-order valence-electron chi connectivity index (χ0n) is 9.32. The van der Waals surface area contributed by atoms with E-state index in [1.54, 1.807) is 30.3 Å². The second-order valence-electron chi connectivity index (χ2n) is 3.70. The molecule has 0 fully saturated rings. The molecule has 0 saturated heterocycles. The third kappa shape index (κ3) is 2.35. The Labute approximate surface area is 103 Å². The number of phenols is 3. The highest BCUT2D eigenvalue weighted by Crippen LogP contribution is 2.34. The number of nitrogens with zero attached hydrogens (tertiary/aromatic N) is 1. The molecule has 0 aliphatic carbocycles. The van der Waals surface area contributed by atoms with Crippen molar-refractivity contribution in [2.75, 3.05) is 0 Å². The number of benzene rings is 2. The quantitative estimate of drug-likeness (QED) is 0.248. The second kappa shape index (κ2) is 4.67. The van der Waals surface area contributed by atoms with Gasteiger partial charge in [-0.05, 0) is 12.1 Å². The highest BCUT2D eigenvalue weighted by atomic mass is 16.5. The lowest BCUT2D eigenvalue weighted by Gasteiger charge is -2.04. The Kier molecular flexibility index (Phi) is 3.05. The van der Waals surface area contributed by atoms with E-state index in [0.717, 1.165) is 0 Å². The van der Waals surface area contributed by atoms with Crippen molar-refractivity contribution < 1.29 is 20.1 Å². The van der Waals surface area contributed by atoms with Gasteiger partial charge in [0.05, 0.1) is 0 Å². The van der Waals surface area contributed by atoms with Crippen LogP contribution in [0.25, 0.3) is 0 Å². The van der Waals surface area contributed by atoms with Crippen molar-refractivity contribution >= 4 is 11.9 Å². The van der Waals surface area contributed by atoms with Gasteiger partial charge in [-0.1, -0.05) is 18.2 Å². The van der Waals surface area contributed by atoms with Crippen LogP contribution in [0.15, 0.2) is 42.5 Å². The Morgan fingerprint density at radius 1 is 0.944 bits per heavy atom. The van der Waals surface area contributed by atoms with E-state index >= 15 is 0 Å². The molecule has 5 heteroatoms. The molecular weight excluding hydrogens is 234 g/mol. The Hall–Kier alpha value is -2.69. The monoisotopic (exact) mass is 245 g/mol. The van der Waals surface area contributed by atoms with Crippen LogP contribution in [0, 0.1) is 5.21 Å². The van der Waals surface area contributed by atoms with Gasteiger partial charge in [0.1, 0.15) is 0 Å². The molecule has 2 aromatic rings. The summed E-state index contributed by atoms with van der Waals surface area (Å²) in [5.74, 6) is -1.57. The summed E-state index contributed by atoms with van der Waals surface area (Å²) in [6, 6.07) is 10.9. The minimum Gasteiger partial charge on any atom is -0.618 e. The van der Waals surface area contributed by atoms with Crippen LogP contribution in [0.5, 0.6) is 17.2 Å². The molecule has 0 spiro atoms. The van der Waals surface area contributed by atoms with Gasteiger partial charge in [-0.3, -0.25) is 0 Å². The molecule has 18 heavy (non-hydrogen) atoms. The number of hydrogen-bond donors (Lipinski definition) is 3. The molecular formula is C13H11NO4. The molecule has 3 N–H and O–H groups in total. The minimum absolute atomic E-state index is 0.279. The van der Waals surface area contributed by atoms with Gasteiger partial charge in [0.25, 0.3) is 0 Å². The molecule has 0 amide bonds. The first-order valence-corrected chi connectivity index (χ1v) is 5.19. The van der Waals surface area contributed by atoms with Crippen LogP contribution < -0.4 is 0 Å². The van der Waals surface area contributed by atoms with Crippen LogP contribution >= 0.6 is 0 Å². The standard InChI is InChI=1S/C13H11NO4/c15-11-6-9(7-12(16)13(11)17)8-14(18)10-4-2-1-3-5-10/h1-8,15-17H. The van der Waals surface area contributed by atoms with Gasteiger partial charge < -0.3 is 20.5 Å². The number of phenolic OH excluding ortho intramolecular Hbond substituents is 3. The van der Waals surface area contributed by atoms with E-state index in [2.05, 4.69) is 0 Å². The summed E-state index contributed by atoms with van der Waals surface area (Å²) in [7, 11) is 0. The number of para-hydroxylation sites is 1. The van der Waals surface area contributed by atoms with E-state index in [-0.39, 0.29) is 5.56 Å². The van der Waals surface area contributed by atoms with E-state index < -0.39 is 17.2 Å². The van der Waals surface area contributed by atoms with Gasteiger partial charge in [0.15, 0.2) is 23.5 Å². The molecule has 0 unspecified atom stereocenters. The van der Waals surface area contributed by atoms with Crippen molar-refractivity contribution in [2.24, 2.45) is 0 Å². The van der Waals surface area contributed by atoms with Crippen LogP contribution in [0.1, 0.15) is 5.56 Å². The molecule has 0 saturated carbocycles. The maximum atomic E-state index is 11.8. The summed E-state index contributed by atoms with van der Waals surface area (Å²) in [4.78, 5) is 0. The van der Waals surface area contributed by atoms with Crippen LogP contribution in [0.2, 0.25) is 0 Å². The van der Waals surface area contributed by atoms with E-state index in [0.29, 0.717) is 10.4 Å². The predicted molar refractivity (Wildman–Crippen MR) is 66.3 cm³/mol. The van der Waals surface area contributed by atoms with Crippen LogP contribution in [-0.4, -0.2) is 26.3 Å². The van der Waals surface area contributed by atoms with Crippen LogP contribution in [0.4, 0.5) is 5.69 Å². The molecule has 2 aromatic carbocycles. The summed E-state index contributed by atoms with van der Waals surface area (Å²) in [5.41, 5.74) is 0.700. The van der Waals surface area contributed by atoms with Gasteiger partial charge in [0.2, 0.25) is 5.69 Å². The van der Waals surface area contributed by atoms with Crippen molar-refractivity contribution in [3.8, 4) is 17.2 Å². The van der Waals surface area contributed by atoms with Gasteiger partial charge in [0, 0.05) is 17.7 Å². The summed E-state index contributed by atoms with van der Waals surface area (Å²) >= 11 is 0. The normalized spacial score (nSPS) is 11.4. The number of aromatic hydroxyl groups is 3. The molecule has 0 bridgehead atoms. The van der Waals surface area contributed by atoms with E-state index in [4.69, 9.17) is 0 Å². The molecule has 0 aromatic heterocycles. The van der Waals surface area contributed by atoms with E-state index in [1.807, 2.05) is 0 Å². The average Bonchev–Trinajstić information content (AvgIpc) is 2.37. The lowest BCUT2D eigenvalue weighted by atomic mass is 10.2. The zero-order chi connectivity index (χ0) is 13.1. The fourth-order valence-corrected chi connectivity index (χ4v) is 1.48. The van der Waals surface area contributed by atoms with Crippen molar-refractivity contribution in [3.05, 3.63) is 53.2 Å². The fourth-order valence-electron chi connectivity index (χ4n) is 1.48. The first-order valence-electron chi connectivity index (χ1n) is 5.19. The van der Waals surface area contributed by atoms with E-state index in [1.165, 1.54) is 18.3 Å². The summed E-state index contributed by atoms with van der Waals surface area (Å²) in [6.45, 7) is 0. The molecule has 5 nitrogen and oxygen atoms in total. The Bertz CT molecular complexity index is 570. The smallest absolute Gasteiger partial charge is 0.216 e. The molecule has 92 valence electrons. The first kappa shape index (κ1) is 11.8. The average molecular weight is 245 g/mol. The Morgan fingerprint density at radius 2 is 1.50 bits per heavy atom. The molecule has 0 aliphatic rings. The van der Waals surface area contributed by atoms with Gasteiger partial charge in [-0.2, -0.15) is 4.74 Å². The van der Waals surface area contributed by atoms with Crippen molar-refractivity contribution in [1.29, 1.82) is 0 Å². The topological polar surface area (TPSA) is 86.8 Å². The number of rotatable bonds is 2. The SMILES string of the molecule is [O-][N+](=Cc1cc(O)c(O)c(O)c1)c1ccccc1. The van der Waals surface area contributed by atoms with Gasteiger partial charge in [-0.25, -0.2) is 0 Å². The van der Waals surface area contributed by atoms with Crippen LogP contribution in [0.3, 0.4) is 0 Å². The van der Waals surface area contributed by atoms with Crippen LogP contribution in [-0.2, 0) is 0 Å². The fraction of sp³-hybridized carbons (Fsp3) is 0. The van der Waals surface area contributed by atoms with Crippen molar-refractivity contribution in [2.45, 2.75) is 0 Å².